The number of amides is 2. The predicted octanol–water partition coefficient (Wildman–Crippen LogP) is 0.621. The van der Waals surface area contributed by atoms with Gasteiger partial charge >= 0.3 is 12.0 Å². The molecule has 0 bridgehead atoms. The Kier molecular flexibility index (Phi) is 4.34. The van der Waals surface area contributed by atoms with Crippen LogP contribution in [0.1, 0.15) is 20.3 Å². The fourth-order valence-electron chi connectivity index (χ4n) is 1.84. The molecule has 1 aliphatic rings. The molecule has 2 amide bonds. The van der Waals surface area contributed by atoms with Crippen molar-refractivity contribution in [3.05, 3.63) is 0 Å². The second kappa shape index (κ2) is 5.35. The van der Waals surface area contributed by atoms with E-state index in [1.54, 1.807) is 7.05 Å². The van der Waals surface area contributed by atoms with Gasteiger partial charge in [0.15, 0.2) is 0 Å². The zero-order valence-corrected chi connectivity index (χ0v) is 10.7. The smallest absolute Gasteiger partial charge is 0.326 e. The Bertz CT molecular complexity index is 306. The molecule has 17 heavy (non-hydrogen) atoms. The molecule has 1 rings (SSSR count). The third-order valence-corrected chi connectivity index (χ3v) is 3.20. The maximum Gasteiger partial charge on any atom is 0.326 e. The number of hydrogen-bond acceptors (Lipinski definition) is 3. The summed E-state index contributed by atoms with van der Waals surface area (Å²) in [6.45, 7) is 4.11. The maximum absolute atomic E-state index is 12.1. The van der Waals surface area contributed by atoms with Crippen LogP contribution in [-0.4, -0.2) is 65.8 Å². The first-order valence-corrected chi connectivity index (χ1v) is 5.67. The van der Waals surface area contributed by atoms with Gasteiger partial charge in [-0.15, -0.1) is 0 Å². The van der Waals surface area contributed by atoms with Gasteiger partial charge in [-0.1, -0.05) is 0 Å². The van der Waals surface area contributed by atoms with E-state index in [9.17, 15) is 9.59 Å². The van der Waals surface area contributed by atoms with E-state index in [1.165, 1.54) is 16.9 Å². The summed E-state index contributed by atoms with van der Waals surface area (Å²) in [5, 5.41) is 9.10. The van der Waals surface area contributed by atoms with Crippen LogP contribution in [0.3, 0.4) is 0 Å². The number of hydrogen-bond donors (Lipinski definition) is 1. The first-order chi connectivity index (χ1) is 7.88. The molecule has 0 aromatic carbocycles. The first kappa shape index (κ1) is 13.8. The molecule has 6 nitrogen and oxygen atoms in total. The van der Waals surface area contributed by atoms with Crippen LogP contribution in [-0.2, 0) is 9.53 Å². The first-order valence-electron chi connectivity index (χ1n) is 5.67. The van der Waals surface area contributed by atoms with Crippen molar-refractivity contribution < 1.29 is 19.4 Å². The Hall–Kier alpha value is -1.30. The standard InChI is InChI=1S/C11H20N2O4/c1-7(2)12(3)11(16)13-6-8(17-4)5-9(13)10(14)15/h7-9H,5-6H2,1-4H3,(H,14,15). The third-order valence-electron chi connectivity index (χ3n) is 3.20. The molecule has 1 saturated heterocycles. The lowest BCUT2D eigenvalue weighted by Gasteiger charge is -2.29. The Morgan fingerprint density at radius 2 is 2.06 bits per heavy atom. The topological polar surface area (TPSA) is 70.1 Å². The SMILES string of the molecule is COC1CC(C(=O)O)N(C(=O)N(C)C(C)C)C1. The molecule has 2 atom stereocenters. The zero-order valence-electron chi connectivity index (χ0n) is 10.7. The predicted molar refractivity (Wildman–Crippen MR) is 61.8 cm³/mol. The van der Waals surface area contributed by atoms with Crippen LogP contribution in [0.5, 0.6) is 0 Å². The number of carbonyl (C=O) groups is 2. The summed E-state index contributed by atoms with van der Waals surface area (Å²) in [5.41, 5.74) is 0. The van der Waals surface area contributed by atoms with E-state index in [0.29, 0.717) is 13.0 Å². The molecule has 1 fully saturated rings. The van der Waals surface area contributed by atoms with Crippen molar-refractivity contribution >= 4 is 12.0 Å². The molecular weight excluding hydrogens is 224 g/mol. The minimum Gasteiger partial charge on any atom is -0.480 e. The number of rotatable bonds is 3. The van der Waals surface area contributed by atoms with E-state index < -0.39 is 12.0 Å². The minimum absolute atomic E-state index is 0.0403. The monoisotopic (exact) mass is 244 g/mol. The summed E-state index contributed by atoms with van der Waals surface area (Å²) in [6.07, 6.45) is 0.157. The van der Waals surface area contributed by atoms with Crippen molar-refractivity contribution in [1.82, 2.24) is 9.80 Å². The third kappa shape index (κ3) is 2.88. The normalized spacial score (nSPS) is 24.2. The number of carboxylic acids is 1. The van der Waals surface area contributed by atoms with Gasteiger partial charge in [0.05, 0.1) is 6.10 Å². The number of ether oxygens (including phenoxy) is 1. The molecular formula is C11H20N2O4. The van der Waals surface area contributed by atoms with Crippen LogP contribution in [0.4, 0.5) is 4.79 Å². The van der Waals surface area contributed by atoms with Gasteiger partial charge < -0.3 is 19.6 Å². The van der Waals surface area contributed by atoms with Gasteiger partial charge in [0.1, 0.15) is 6.04 Å². The second-order valence-electron chi connectivity index (χ2n) is 4.59. The molecule has 6 heteroatoms. The fraction of sp³-hybridized carbons (Fsp3) is 0.818. The lowest BCUT2D eigenvalue weighted by molar-refractivity contribution is -0.141. The van der Waals surface area contributed by atoms with E-state index in [0.717, 1.165) is 0 Å². The van der Waals surface area contributed by atoms with E-state index in [1.807, 2.05) is 13.8 Å². The van der Waals surface area contributed by atoms with Crippen molar-refractivity contribution in [2.24, 2.45) is 0 Å². The quantitative estimate of drug-likeness (QED) is 0.790. The molecule has 1 N–H and O–H groups in total. The van der Waals surface area contributed by atoms with Crippen LogP contribution in [0.15, 0.2) is 0 Å². The molecule has 0 spiro atoms. The number of carbonyl (C=O) groups excluding carboxylic acids is 1. The summed E-state index contributed by atoms with van der Waals surface area (Å²) >= 11 is 0. The Labute approximate surface area is 101 Å². The van der Waals surface area contributed by atoms with Crippen LogP contribution in [0.2, 0.25) is 0 Å². The lowest BCUT2D eigenvalue weighted by atomic mass is 10.2. The summed E-state index contributed by atoms with van der Waals surface area (Å²) in [7, 11) is 3.20. The van der Waals surface area contributed by atoms with Crippen LogP contribution in [0, 0.1) is 0 Å². The average molecular weight is 244 g/mol. The number of nitrogens with zero attached hydrogens (tertiary/aromatic N) is 2. The van der Waals surface area contributed by atoms with Gasteiger partial charge in [-0.05, 0) is 13.8 Å². The van der Waals surface area contributed by atoms with Gasteiger partial charge in [-0.2, -0.15) is 0 Å². The molecule has 0 aliphatic carbocycles. The van der Waals surface area contributed by atoms with Gasteiger partial charge in [-0.3, -0.25) is 0 Å². The molecule has 2 unspecified atom stereocenters. The molecule has 0 aromatic heterocycles. The van der Waals surface area contributed by atoms with Gasteiger partial charge in [0.25, 0.3) is 0 Å². The van der Waals surface area contributed by atoms with Gasteiger partial charge in [0.2, 0.25) is 0 Å². The summed E-state index contributed by atoms with van der Waals surface area (Å²) in [4.78, 5) is 26.1. The number of carboxylic acid groups (broad SMARTS) is 1. The molecule has 98 valence electrons. The average Bonchev–Trinajstić information content (AvgIpc) is 2.70. The van der Waals surface area contributed by atoms with Crippen LogP contribution < -0.4 is 0 Å². The summed E-state index contributed by atoms with van der Waals surface area (Å²) < 4.78 is 5.14. The molecule has 0 radical (unpaired) electrons. The number of methoxy groups -OCH3 is 1. The highest BCUT2D eigenvalue weighted by Gasteiger charge is 2.41. The highest BCUT2D eigenvalue weighted by Crippen LogP contribution is 2.22. The maximum atomic E-state index is 12.1. The highest BCUT2D eigenvalue weighted by atomic mass is 16.5. The summed E-state index contributed by atoms with van der Waals surface area (Å²) in [5.74, 6) is -0.977. The van der Waals surface area contributed by atoms with E-state index >= 15 is 0 Å². The van der Waals surface area contributed by atoms with Crippen molar-refractivity contribution in [2.75, 3.05) is 20.7 Å². The molecule has 0 saturated carbocycles. The van der Waals surface area contributed by atoms with E-state index in [-0.39, 0.29) is 18.2 Å². The van der Waals surface area contributed by atoms with Crippen LogP contribution >= 0.6 is 0 Å². The van der Waals surface area contributed by atoms with E-state index in [2.05, 4.69) is 0 Å². The molecule has 1 aliphatic heterocycles. The highest BCUT2D eigenvalue weighted by molar-refractivity contribution is 5.83. The minimum atomic E-state index is -0.977. The van der Waals surface area contributed by atoms with Gasteiger partial charge in [-0.25, -0.2) is 9.59 Å². The Balaban J connectivity index is 2.80. The van der Waals surface area contributed by atoms with Crippen molar-refractivity contribution in [1.29, 1.82) is 0 Å². The van der Waals surface area contributed by atoms with Crippen molar-refractivity contribution in [2.45, 2.75) is 38.5 Å². The Morgan fingerprint density at radius 3 is 2.47 bits per heavy atom. The zero-order chi connectivity index (χ0) is 13.2. The summed E-state index contributed by atoms with van der Waals surface area (Å²) in [6, 6.07) is -1.00. The van der Waals surface area contributed by atoms with Crippen molar-refractivity contribution in [3.8, 4) is 0 Å². The largest absolute Gasteiger partial charge is 0.480 e. The number of aliphatic carboxylic acids is 1. The number of likely N-dealkylation sites (tertiary alicyclic amines) is 1. The number of urea groups is 1. The van der Waals surface area contributed by atoms with Crippen LogP contribution in [0.25, 0.3) is 0 Å². The van der Waals surface area contributed by atoms with Crippen molar-refractivity contribution in [3.63, 3.8) is 0 Å². The van der Waals surface area contributed by atoms with Gasteiger partial charge in [0, 0.05) is 33.2 Å². The lowest BCUT2D eigenvalue weighted by Crippen LogP contribution is -2.48. The van der Waals surface area contributed by atoms with E-state index in [4.69, 9.17) is 9.84 Å². The fourth-order valence-corrected chi connectivity index (χ4v) is 1.84. The Morgan fingerprint density at radius 1 is 1.47 bits per heavy atom. The molecule has 1 heterocycles. The molecule has 0 aromatic rings. The second-order valence-corrected chi connectivity index (χ2v) is 4.59.